The predicted molar refractivity (Wildman–Crippen MR) is 46.8 cm³/mol. The summed E-state index contributed by atoms with van der Waals surface area (Å²) in [5.74, 6) is -0.0333. The van der Waals surface area contributed by atoms with E-state index < -0.39 is 0 Å². The van der Waals surface area contributed by atoms with E-state index in [0.717, 1.165) is 19.3 Å². The maximum Gasteiger partial charge on any atom is 0.246 e. The van der Waals surface area contributed by atoms with Crippen molar-refractivity contribution in [3.8, 4) is 0 Å². The Kier molecular flexibility index (Phi) is 3.80. The molecule has 1 rings (SSSR count). The topological polar surface area (TPSA) is 38.3 Å². The van der Waals surface area contributed by atoms with Crippen LogP contribution in [0.2, 0.25) is 0 Å². The summed E-state index contributed by atoms with van der Waals surface area (Å²) >= 11 is 0. The van der Waals surface area contributed by atoms with Gasteiger partial charge in [-0.3, -0.25) is 4.79 Å². The molecule has 0 spiro atoms. The van der Waals surface area contributed by atoms with Crippen molar-refractivity contribution in [2.24, 2.45) is 0 Å². The van der Waals surface area contributed by atoms with Crippen molar-refractivity contribution in [2.75, 3.05) is 13.7 Å². The summed E-state index contributed by atoms with van der Waals surface area (Å²) in [5, 5.41) is 2.87. The number of ether oxygens (including phenoxy) is 1. The summed E-state index contributed by atoms with van der Waals surface area (Å²) in [6, 6.07) is 0.224. The van der Waals surface area contributed by atoms with Gasteiger partial charge >= 0.3 is 0 Å². The van der Waals surface area contributed by atoms with E-state index in [4.69, 9.17) is 4.74 Å². The largest absolute Gasteiger partial charge is 0.375 e. The van der Waals surface area contributed by atoms with Crippen molar-refractivity contribution in [2.45, 2.75) is 25.3 Å². The average molecular weight is 169 g/mol. The molecule has 0 aromatic rings. The summed E-state index contributed by atoms with van der Waals surface area (Å²) in [4.78, 5) is 11.0. The van der Waals surface area contributed by atoms with Crippen LogP contribution in [0.1, 0.15) is 19.3 Å². The van der Waals surface area contributed by atoms with Crippen LogP contribution in [0.5, 0.6) is 0 Å². The van der Waals surface area contributed by atoms with Gasteiger partial charge in [0, 0.05) is 13.2 Å². The summed E-state index contributed by atoms with van der Waals surface area (Å²) in [6.07, 6.45) is 7.51. The van der Waals surface area contributed by atoms with Crippen LogP contribution in [0.4, 0.5) is 0 Å². The first-order valence-electron chi connectivity index (χ1n) is 4.28. The van der Waals surface area contributed by atoms with E-state index in [2.05, 4.69) is 17.5 Å². The number of carbonyl (C=O) groups excluding carboxylic acids is 1. The number of nitrogens with one attached hydrogen (secondary N) is 1. The molecule has 0 saturated carbocycles. The molecule has 0 saturated heterocycles. The molecule has 68 valence electrons. The third-order valence-corrected chi connectivity index (χ3v) is 1.88. The van der Waals surface area contributed by atoms with Crippen molar-refractivity contribution in [3.05, 3.63) is 12.2 Å². The molecule has 12 heavy (non-hydrogen) atoms. The number of amides is 1. The van der Waals surface area contributed by atoms with Gasteiger partial charge < -0.3 is 10.1 Å². The van der Waals surface area contributed by atoms with Crippen molar-refractivity contribution < 1.29 is 9.53 Å². The Morgan fingerprint density at radius 2 is 2.58 bits per heavy atom. The molecule has 1 amide bonds. The van der Waals surface area contributed by atoms with Crippen LogP contribution in [-0.4, -0.2) is 25.7 Å². The Bertz CT molecular complexity index is 177. The Labute approximate surface area is 72.8 Å². The van der Waals surface area contributed by atoms with Crippen molar-refractivity contribution in [1.82, 2.24) is 5.32 Å². The molecular weight excluding hydrogens is 154 g/mol. The van der Waals surface area contributed by atoms with Gasteiger partial charge in [0.25, 0.3) is 0 Å². The molecule has 0 aliphatic heterocycles. The van der Waals surface area contributed by atoms with Crippen LogP contribution in [-0.2, 0) is 9.53 Å². The Morgan fingerprint density at radius 3 is 3.17 bits per heavy atom. The predicted octanol–water partition coefficient (Wildman–Crippen LogP) is 0.858. The van der Waals surface area contributed by atoms with Gasteiger partial charge in [-0.2, -0.15) is 0 Å². The third-order valence-electron chi connectivity index (χ3n) is 1.88. The van der Waals surface area contributed by atoms with Gasteiger partial charge in [-0.25, -0.2) is 0 Å². The van der Waals surface area contributed by atoms with Gasteiger partial charge in [0.15, 0.2) is 0 Å². The highest BCUT2D eigenvalue weighted by Crippen LogP contribution is 2.09. The van der Waals surface area contributed by atoms with Crippen molar-refractivity contribution in [3.63, 3.8) is 0 Å². The van der Waals surface area contributed by atoms with E-state index in [-0.39, 0.29) is 18.6 Å². The minimum Gasteiger partial charge on any atom is -0.375 e. The molecular formula is C9H15NO2. The highest BCUT2D eigenvalue weighted by Gasteiger charge is 2.10. The van der Waals surface area contributed by atoms with Gasteiger partial charge in [0.05, 0.1) is 0 Å². The Hall–Kier alpha value is -0.830. The normalized spacial score (nSPS) is 22.2. The lowest BCUT2D eigenvalue weighted by atomic mass is 10.0. The first-order chi connectivity index (χ1) is 5.83. The van der Waals surface area contributed by atoms with Crippen molar-refractivity contribution >= 4 is 5.91 Å². The minimum atomic E-state index is -0.0333. The summed E-state index contributed by atoms with van der Waals surface area (Å²) in [7, 11) is 1.52. The molecule has 3 heteroatoms. The smallest absolute Gasteiger partial charge is 0.246 e. The number of carbonyl (C=O) groups is 1. The van der Waals surface area contributed by atoms with E-state index in [1.54, 1.807) is 0 Å². The Balaban J connectivity index is 2.25. The quantitative estimate of drug-likeness (QED) is 0.636. The van der Waals surface area contributed by atoms with E-state index in [1.807, 2.05) is 0 Å². The molecule has 0 fully saturated rings. The van der Waals surface area contributed by atoms with E-state index >= 15 is 0 Å². The van der Waals surface area contributed by atoms with Gasteiger partial charge in [-0.15, -0.1) is 0 Å². The van der Waals surface area contributed by atoms with Gasteiger partial charge in [-0.1, -0.05) is 12.2 Å². The van der Waals surface area contributed by atoms with Crippen LogP contribution in [0.25, 0.3) is 0 Å². The SMILES string of the molecule is COCC(=O)NC1C=CCCC1. The molecule has 0 bridgehead atoms. The van der Waals surface area contributed by atoms with Crippen molar-refractivity contribution in [1.29, 1.82) is 0 Å². The zero-order chi connectivity index (χ0) is 8.81. The fraction of sp³-hybridized carbons (Fsp3) is 0.667. The lowest BCUT2D eigenvalue weighted by molar-refractivity contribution is -0.125. The minimum absolute atomic E-state index is 0.0333. The molecule has 0 radical (unpaired) electrons. The lowest BCUT2D eigenvalue weighted by Crippen LogP contribution is -2.36. The van der Waals surface area contributed by atoms with Gasteiger partial charge in [0.2, 0.25) is 5.91 Å². The van der Waals surface area contributed by atoms with E-state index in [1.165, 1.54) is 7.11 Å². The Morgan fingerprint density at radius 1 is 1.75 bits per heavy atom. The average Bonchev–Trinajstić information content (AvgIpc) is 2.06. The summed E-state index contributed by atoms with van der Waals surface area (Å²) in [5.41, 5.74) is 0. The zero-order valence-corrected chi connectivity index (χ0v) is 7.38. The second kappa shape index (κ2) is 4.93. The fourth-order valence-corrected chi connectivity index (χ4v) is 1.31. The molecule has 0 aromatic heterocycles. The summed E-state index contributed by atoms with van der Waals surface area (Å²) in [6.45, 7) is 0.157. The third kappa shape index (κ3) is 3.05. The molecule has 3 nitrogen and oxygen atoms in total. The van der Waals surface area contributed by atoms with Crippen LogP contribution in [0.3, 0.4) is 0 Å². The molecule has 1 aliphatic carbocycles. The van der Waals surface area contributed by atoms with Crippen LogP contribution >= 0.6 is 0 Å². The number of methoxy groups -OCH3 is 1. The molecule has 1 aliphatic rings. The molecule has 0 aromatic carbocycles. The first kappa shape index (κ1) is 9.26. The standard InChI is InChI=1S/C9H15NO2/c1-12-7-9(11)10-8-5-3-2-4-6-8/h3,5,8H,2,4,6-7H2,1H3,(H,10,11). The maximum atomic E-state index is 11.0. The number of hydrogen-bond acceptors (Lipinski definition) is 2. The second-order valence-corrected chi connectivity index (χ2v) is 2.97. The number of allylic oxidation sites excluding steroid dienone is 1. The second-order valence-electron chi connectivity index (χ2n) is 2.97. The van der Waals surface area contributed by atoms with E-state index in [9.17, 15) is 4.79 Å². The monoisotopic (exact) mass is 169 g/mol. The molecule has 1 atom stereocenters. The number of rotatable bonds is 3. The first-order valence-corrected chi connectivity index (χ1v) is 4.28. The molecule has 1 N–H and O–H groups in total. The van der Waals surface area contributed by atoms with Gasteiger partial charge in [-0.05, 0) is 19.3 Å². The maximum absolute atomic E-state index is 11.0. The summed E-state index contributed by atoms with van der Waals surface area (Å²) < 4.78 is 4.71. The van der Waals surface area contributed by atoms with Crippen LogP contribution in [0, 0.1) is 0 Å². The molecule has 0 heterocycles. The lowest BCUT2D eigenvalue weighted by Gasteiger charge is -2.17. The van der Waals surface area contributed by atoms with E-state index in [0.29, 0.717) is 0 Å². The highest BCUT2D eigenvalue weighted by atomic mass is 16.5. The van der Waals surface area contributed by atoms with Crippen LogP contribution < -0.4 is 5.32 Å². The van der Waals surface area contributed by atoms with Crippen LogP contribution in [0.15, 0.2) is 12.2 Å². The highest BCUT2D eigenvalue weighted by molar-refractivity contribution is 5.77. The zero-order valence-electron chi connectivity index (χ0n) is 7.38. The molecule has 1 unspecified atom stereocenters. The number of hydrogen-bond donors (Lipinski definition) is 1. The van der Waals surface area contributed by atoms with Gasteiger partial charge in [0.1, 0.15) is 6.61 Å². The fourth-order valence-electron chi connectivity index (χ4n) is 1.31.